The molecule has 0 spiro atoms. The zero-order valence-corrected chi connectivity index (χ0v) is 17.2. The van der Waals surface area contributed by atoms with E-state index in [1.54, 1.807) is 0 Å². The molecule has 33 heavy (non-hydrogen) atoms. The van der Waals surface area contributed by atoms with Gasteiger partial charge in [-0.2, -0.15) is 13.2 Å². The summed E-state index contributed by atoms with van der Waals surface area (Å²) in [5.74, 6) is -5.15. The van der Waals surface area contributed by atoms with Crippen molar-refractivity contribution in [2.75, 3.05) is 6.54 Å². The summed E-state index contributed by atoms with van der Waals surface area (Å²) in [7, 11) is -4.92. The molecule has 2 aromatic rings. The highest BCUT2D eigenvalue weighted by molar-refractivity contribution is 7.79. The second-order valence-electron chi connectivity index (χ2n) is 6.86. The maximum atomic E-state index is 13.7. The van der Waals surface area contributed by atoms with Gasteiger partial charge in [-0.15, -0.1) is 10.2 Å². The molecule has 3 rings (SSSR count). The number of hydrogen-bond acceptors (Lipinski definition) is 7. The predicted octanol–water partition coefficient (Wildman–Crippen LogP) is 1.02. The fourth-order valence-corrected chi connectivity index (χ4v) is 3.01. The van der Waals surface area contributed by atoms with Crippen molar-refractivity contribution in [1.29, 1.82) is 0 Å². The smallest absolute Gasteiger partial charge is 0.451 e. The monoisotopic (exact) mass is 504 g/mol. The van der Waals surface area contributed by atoms with Crippen LogP contribution in [-0.4, -0.2) is 55.7 Å². The standard InChI is InChI=1S/C16H15F6N5O.H2O4S/c17-10-6-12(19)11(18)4-8(10)3-9(23)5-14(28)26-1-2-27-13(7-26)24-25-15(27)16(20,21)22;1-5(2,3)4/h4,6,9H,1-3,5,7,23H2;(H2,1,2,3,4)/p-1/t9-;/m1./s1. The molecule has 1 aromatic heterocycles. The highest BCUT2D eigenvalue weighted by Crippen LogP contribution is 2.29. The van der Waals surface area contributed by atoms with Crippen LogP contribution in [-0.2, 0) is 40.9 Å². The Hall–Kier alpha value is -2.76. The van der Waals surface area contributed by atoms with Crippen molar-refractivity contribution in [3.63, 3.8) is 0 Å². The zero-order valence-electron chi connectivity index (χ0n) is 16.4. The molecule has 10 nitrogen and oxygen atoms in total. The van der Waals surface area contributed by atoms with Gasteiger partial charge in [0.1, 0.15) is 5.82 Å². The van der Waals surface area contributed by atoms with E-state index in [2.05, 4.69) is 10.2 Å². The number of benzene rings is 1. The van der Waals surface area contributed by atoms with Gasteiger partial charge in [0.25, 0.3) is 0 Å². The van der Waals surface area contributed by atoms with Crippen LogP contribution in [0.4, 0.5) is 26.3 Å². The quantitative estimate of drug-likeness (QED) is 0.271. The number of aromatic nitrogens is 3. The summed E-state index contributed by atoms with van der Waals surface area (Å²) >= 11 is 0. The van der Waals surface area contributed by atoms with Crippen LogP contribution >= 0.6 is 0 Å². The summed E-state index contributed by atoms with van der Waals surface area (Å²) in [6, 6.07) is 0.184. The van der Waals surface area contributed by atoms with E-state index in [1.807, 2.05) is 0 Å². The number of fused-ring (bicyclic) bond motifs is 1. The summed E-state index contributed by atoms with van der Waals surface area (Å²) in [4.78, 5) is 13.6. The van der Waals surface area contributed by atoms with Gasteiger partial charge in [-0.25, -0.2) is 21.6 Å². The van der Waals surface area contributed by atoms with Gasteiger partial charge in [-0.3, -0.25) is 9.35 Å². The van der Waals surface area contributed by atoms with E-state index in [0.29, 0.717) is 12.1 Å². The molecular formula is C16H16F6N5O5S-. The number of hydrogen-bond donors (Lipinski definition) is 2. The Balaban J connectivity index is 0.000000696. The molecule has 1 aliphatic rings. The van der Waals surface area contributed by atoms with Crippen molar-refractivity contribution in [3.8, 4) is 0 Å². The van der Waals surface area contributed by atoms with Gasteiger partial charge in [0.15, 0.2) is 17.5 Å². The van der Waals surface area contributed by atoms with E-state index < -0.39 is 51.8 Å². The van der Waals surface area contributed by atoms with Gasteiger partial charge < -0.3 is 19.8 Å². The van der Waals surface area contributed by atoms with E-state index >= 15 is 0 Å². The van der Waals surface area contributed by atoms with Crippen molar-refractivity contribution in [3.05, 3.63) is 46.8 Å². The Kier molecular flexibility index (Phi) is 8.04. The van der Waals surface area contributed by atoms with Gasteiger partial charge in [0.05, 0.1) is 6.54 Å². The number of alkyl halides is 3. The molecule has 2 heterocycles. The van der Waals surface area contributed by atoms with Crippen LogP contribution in [0.1, 0.15) is 23.6 Å². The normalized spacial score (nSPS) is 14.9. The van der Waals surface area contributed by atoms with Crippen LogP contribution in [0.3, 0.4) is 0 Å². The van der Waals surface area contributed by atoms with E-state index in [0.717, 1.165) is 4.57 Å². The second-order valence-corrected chi connectivity index (χ2v) is 7.71. The van der Waals surface area contributed by atoms with Crippen LogP contribution in [0.5, 0.6) is 0 Å². The first kappa shape index (κ1) is 26.5. The third-order valence-corrected chi connectivity index (χ3v) is 4.37. The van der Waals surface area contributed by atoms with Crippen molar-refractivity contribution < 1.29 is 48.7 Å². The van der Waals surface area contributed by atoms with Crippen molar-refractivity contribution in [2.24, 2.45) is 5.73 Å². The topological polar surface area (TPSA) is 154 Å². The number of carbonyl (C=O) groups is 1. The fraction of sp³-hybridized carbons (Fsp3) is 0.438. The number of halogens is 6. The molecule has 0 radical (unpaired) electrons. The first-order valence-corrected chi connectivity index (χ1v) is 10.3. The molecule has 0 saturated carbocycles. The molecule has 184 valence electrons. The third kappa shape index (κ3) is 7.65. The molecular weight excluding hydrogens is 488 g/mol. The average molecular weight is 504 g/mol. The van der Waals surface area contributed by atoms with E-state index in [4.69, 9.17) is 23.3 Å². The van der Waals surface area contributed by atoms with Crippen LogP contribution in [0, 0.1) is 17.5 Å². The lowest BCUT2D eigenvalue weighted by Crippen LogP contribution is -2.42. The van der Waals surface area contributed by atoms with E-state index in [9.17, 15) is 31.1 Å². The van der Waals surface area contributed by atoms with Crippen LogP contribution in [0.2, 0.25) is 0 Å². The molecule has 1 amide bonds. The van der Waals surface area contributed by atoms with Crippen LogP contribution in [0.25, 0.3) is 0 Å². The number of amides is 1. The summed E-state index contributed by atoms with van der Waals surface area (Å²) in [6.07, 6.45) is -5.11. The average Bonchev–Trinajstić information content (AvgIpc) is 3.08. The summed E-state index contributed by atoms with van der Waals surface area (Å²) in [5, 5.41) is 6.60. The Labute approximate surface area is 182 Å². The molecule has 0 unspecified atom stereocenters. The third-order valence-electron chi connectivity index (χ3n) is 4.37. The highest BCUT2D eigenvalue weighted by Gasteiger charge is 2.40. The Bertz CT molecular complexity index is 1120. The predicted molar refractivity (Wildman–Crippen MR) is 95.4 cm³/mol. The van der Waals surface area contributed by atoms with Crippen molar-refractivity contribution in [2.45, 2.75) is 38.1 Å². The molecule has 3 N–H and O–H groups in total. The molecule has 0 aliphatic carbocycles. The Morgan fingerprint density at radius 2 is 1.73 bits per heavy atom. The molecule has 0 saturated heterocycles. The first-order valence-electron chi connectivity index (χ1n) is 8.90. The zero-order chi connectivity index (χ0) is 25.1. The molecule has 1 aromatic carbocycles. The first-order chi connectivity index (χ1) is 15.1. The summed E-state index contributed by atoms with van der Waals surface area (Å²) in [5.41, 5.74) is 5.64. The van der Waals surface area contributed by atoms with Gasteiger partial charge >= 0.3 is 6.18 Å². The van der Waals surface area contributed by atoms with Crippen molar-refractivity contribution >= 4 is 16.3 Å². The summed E-state index contributed by atoms with van der Waals surface area (Å²) < 4.78 is 112. The lowest BCUT2D eigenvalue weighted by molar-refractivity contribution is -0.148. The largest absolute Gasteiger partial charge is 0.726 e. The number of carbonyl (C=O) groups excluding carboxylic acids is 1. The maximum absolute atomic E-state index is 13.7. The number of rotatable bonds is 4. The molecule has 17 heteroatoms. The fourth-order valence-electron chi connectivity index (χ4n) is 3.01. The van der Waals surface area contributed by atoms with Gasteiger partial charge in [-0.05, 0) is 18.1 Å². The van der Waals surface area contributed by atoms with Gasteiger partial charge in [-0.1, -0.05) is 0 Å². The lowest BCUT2D eigenvalue weighted by atomic mass is 10.0. The number of nitrogens with two attached hydrogens (primary N) is 1. The number of nitrogens with zero attached hydrogens (tertiary/aromatic N) is 4. The highest BCUT2D eigenvalue weighted by atomic mass is 32.3. The minimum absolute atomic E-state index is 0.000783. The molecule has 0 fully saturated rings. The van der Waals surface area contributed by atoms with Crippen LogP contribution < -0.4 is 5.73 Å². The van der Waals surface area contributed by atoms with E-state index in [1.165, 1.54) is 4.90 Å². The van der Waals surface area contributed by atoms with Gasteiger partial charge in [0, 0.05) is 31.6 Å². The Morgan fingerprint density at radius 1 is 1.15 bits per heavy atom. The van der Waals surface area contributed by atoms with Crippen molar-refractivity contribution in [1.82, 2.24) is 19.7 Å². The molecule has 0 bridgehead atoms. The molecule has 1 aliphatic heterocycles. The minimum atomic E-state index is -4.92. The minimum Gasteiger partial charge on any atom is -0.726 e. The Morgan fingerprint density at radius 3 is 2.30 bits per heavy atom. The van der Waals surface area contributed by atoms with Gasteiger partial charge in [0.2, 0.25) is 22.1 Å². The maximum Gasteiger partial charge on any atom is 0.451 e. The SMILES string of the molecule is N[C@@H](CC(=O)N1CCn2c(nnc2C(F)(F)F)C1)Cc1cc(F)c(F)cc1F.O=S(=O)([O-])O. The summed E-state index contributed by atoms with van der Waals surface area (Å²) in [6.45, 7) is -0.302. The van der Waals surface area contributed by atoms with E-state index in [-0.39, 0.29) is 43.9 Å². The van der Waals surface area contributed by atoms with Crippen LogP contribution in [0.15, 0.2) is 12.1 Å². The second kappa shape index (κ2) is 10.0. The lowest BCUT2D eigenvalue weighted by Gasteiger charge is -2.29. The molecule has 1 atom stereocenters.